The Morgan fingerprint density at radius 3 is 2.53 bits per heavy atom. The van der Waals surface area contributed by atoms with Crippen molar-refractivity contribution in [1.29, 1.82) is 0 Å². The van der Waals surface area contributed by atoms with Gasteiger partial charge in [0.1, 0.15) is 16.9 Å². The molecule has 0 bridgehead atoms. The van der Waals surface area contributed by atoms with Crippen molar-refractivity contribution in [2.45, 2.75) is 13.8 Å². The molecule has 0 amide bonds. The second-order valence-electron chi connectivity index (χ2n) is 3.85. The lowest BCUT2D eigenvalue weighted by atomic mass is 10.0. The maximum absolute atomic E-state index is 11.5. The molecule has 17 heavy (non-hydrogen) atoms. The van der Waals surface area contributed by atoms with Gasteiger partial charge in [0.05, 0.1) is 5.39 Å². The fourth-order valence-electron chi connectivity index (χ4n) is 1.87. The van der Waals surface area contributed by atoms with Gasteiger partial charge in [0.2, 0.25) is 0 Å². The third kappa shape index (κ3) is 1.65. The molecule has 5 heteroatoms. The van der Waals surface area contributed by atoms with Crippen molar-refractivity contribution < 1.29 is 19.4 Å². The predicted octanol–water partition coefficient (Wildman–Crippen LogP) is 1.81. The molecule has 0 atom stereocenters. The number of aryl methyl sites for hydroxylation is 2. The number of fused-ring (bicyclic) bond motifs is 1. The highest BCUT2D eigenvalue weighted by Crippen LogP contribution is 2.29. The number of benzene rings is 1. The number of aromatic hydroxyl groups is 1. The average molecular weight is 234 g/mol. The number of hydrogen-bond donors (Lipinski definition) is 2. The van der Waals surface area contributed by atoms with Gasteiger partial charge in [0, 0.05) is 0 Å². The normalized spacial score (nSPS) is 10.7. The van der Waals surface area contributed by atoms with Gasteiger partial charge in [0.25, 0.3) is 0 Å². The predicted molar refractivity (Wildman–Crippen MR) is 60.6 cm³/mol. The van der Waals surface area contributed by atoms with E-state index in [2.05, 4.69) is 0 Å². The van der Waals surface area contributed by atoms with Crippen LogP contribution in [-0.4, -0.2) is 16.2 Å². The Kier molecular flexibility index (Phi) is 2.38. The van der Waals surface area contributed by atoms with Crippen LogP contribution < -0.4 is 5.63 Å². The second-order valence-corrected chi connectivity index (χ2v) is 3.85. The molecule has 0 unspecified atom stereocenters. The lowest BCUT2D eigenvalue weighted by Crippen LogP contribution is -2.15. The minimum atomic E-state index is -1.36. The van der Waals surface area contributed by atoms with E-state index >= 15 is 0 Å². The second kappa shape index (κ2) is 3.62. The van der Waals surface area contributed by atoms with Crippen LogP contribution in [-0.2, 0) is 0 Å². The molecule has 0 aliphatic rings. The molecule has 2 aromatic rings. The number of phenolic OH excluding ortho intramolecular Hbond substituents is 1. The molecule has 1 aromatic heterocycles. The number of carboxylic acid groups (broad SMARTS) is 1. The SMILES string of the molecule is Cc1cc(O)c2c(C)c(C(=O)O)c(=O)oc2c1. The number of carboxylic acids is 1. The Bertz CT molecular complexity index is 681. The smallest absolute Gasteiger partial charge is 0.351 e. The molecule has 88 valence electrons. The summed E-state index contributed by atoms with van der Waals surface area (Å²) in [4.78, 5) is 22.4. The van der Waals surface area contributed by atoms with Crippen molar-refractivity contribution in [1.82, 2.24) is 0 Å². The molecule has 1 aromatic carbocycles. The highest BCUT2D eigenvalue weighted by atomic mass is 16.4. The first-order valence-corrected chi connectivity index (χ1v) is 4.92. The van der Waals surface area contributed by atoms with Crippen molar-refractivity contribution in [3.8, 4) is 5.75 Å². The summed E-state index contributed by atoms with van der Waals surface area (Å²) >= 11 is 0. The van der Waals surface area contributed by atoms with Gasteiger partial charge in [-0.3, -0.25) is 0 Å². The summed E-state index contributed by atoms with van der Waals surface area (Å²) in [5.41, 5.74) is -0.235. The number of aromatic carboxylic acids is 1. The zero-order chi connectivity index (χ0) is 12.7. The van der Waals surface area contributed by atoms with E-state index in [9.17, 15) is 14.7 Å². The minimum Gasteiger partial charge on any atom is -0.507 e. The van der Waals surface area contributed by atoms with E-state index < -0.39 is 17.2 Å². The molecular formula is C12H10O5. The molecule has 0 saturated heterocycles. The molecule has 0 aliphatic heterocycles. The van der Waals surface area contributed by atoms with E-state index in [1.54, 1.807) is 13.0 Å². The summed E-state index contributed by atoms with van der Waals surface area (Å²) in [7, 11) is 0. The molecule has 0 radical (unpaired) electrons. The largest absolute Gasteiger partial charge is 0.507 e. The van der Waals surface area contributed by atoms with Crippen LogP contribution in [0.3, 0.4) is 0 Å². The fraction of sp³-hybridized carbons (Fsp3) is 0.167. The number of rotatable bonds is 1. The highest BCUT2D eigenvalue weighted by Gasteiger charge is 2.19. The number of phenols is 1. The van der Waals surface area contributed by atoms with Crippen LogP contribution in [0.4, 0.5) is 0 Å². The molecule has 2 rings (SSSR count). The van der Waals surface area contributed by atoms with E-state index in [1.807, 2.05) is 0 Å². The Morgan fingerprint density at radius 1 is 1.29 bits per heavy atom. The van der Waals surface area contributed by atoms with E-state index in [4.69, 9.17) is 9.52 Å². The molecule has 0 spiro atoms. The van der Waals surface area contributed by atoms with Crippen LogP contribution in [0.1, 0.15) is 21.5 Å². The van der Waals surface area contributed by atoms with Crippen LogP contribution >= 0.6 is 0 Å². The maximum Gasteiger partial charge on any atom is 0.351 e. The molecular weight excluding hydrogens is 224 g/mol. The quantitative estimate of drug-likeness (QED) is 0.734. The monoisotopic (exact) mass is 234 g/mol. The van der Waals surface area contributed by atoms with Crippen molar-refractivity contribution in [3.05, 3.63) is 39.2 Å². The lowest BCUT2D eigenvalue weighted by molar-refractivity contribution is 0.0692. The van der Waals surface area contributed by atoms with Gasteiger partial charge >= 0.3 is 11.6 Å². The summed E-state index contributed by atoms with van der Waals surface area (Å²) in [5.74, 6) is -1.46. The van der Waals surface area contributed by atoms with Gasteiger partial charge in [-0.05, 0) is 37.1 Å². The van der Waals surface area contributed by atoms with E-state index in [1.165, 1.54) is 13.0 Å². The Labute approximate surface area is 95.9 Å². The summed E-state index contributed by atoms with van der Waals surface area (Å²) in [5, 5.41) is 18.9. The van der Waals surface area contributed by atoms with Gasteiger partial charge in [-0.15, -0.1) is 0 Å². The third-order valence-electron chi connectivity index (χ3n) is 2.60. The molecule has 5 nitrogen and oxygen atoms in total. The zero-order valence-corrected chi connectivity index (χ0v) is 9.27. The van der Waals surface area contributed by atoms with Crippen molar-refractivity contribution >= 4 is 16.9 Å². The molecule has 0 aliphatic carbocycles. The van der Waals surface area contributed by atoms with Crippen LogP contribution in [0.2, 0.25) is 0 Å². The van der Waals surface area contributed by atoms with Gasteiger partial charge in [-0.25, -0.2) is 9.59 Å². The molecule has 2 N–H and O–H groups in total. The van der Waals surface area contributed by atoms with Gasteiger partial charge in [0.15, 0.2) is 0 Å². The Balaban J connectivity index is 3.03. The molecule has 0 saturated carbocycles. The highest BCUT2D eigenvalue weighted by molar-refractivity contribution is 5.97. The third-order valence-corrected chi connectivity index (χ3v) is 2.60. The van der Waals surface area contributed by atoms with Crippen molar-refractivity contribution in [2.75, 3.05) is 0 Å². The van der Waals surface area contributed by atoms with E-state index in [0.717, 1.165) is 5.56 Å². The van der Waals surface area contributed by atoms with Crippen LogP contribution in [0.25, 0.3) is 11.0 Å². The van der Waals surface area contributed by atoms with Gasteiger partial charge in [-0.2, -0.15) is 0 Å². The number of carbonyl (C=O) groups is 1. The number of hydrogen-bond acceptors (Lipinski definition) is 4. The lowest BCUT2D eigenvalue weighted by Gasteiger charge is -2.07. The first-order valence-electron chi connectivity index (χ1n) is 4.92. The summed E-state index contributed by atoms with van der Waals surface area (Å²) in [6.07, 6.45) is 0. The maximum atomic E-state index is 11.5. The van der Waals surface area contributed by atoms with Crippen LogP contribution in [0.15, 0.2) is 21.3 Å². The van der Waals surface area contributed by atoms with Crippen LogP contribution in [0, 0.1) is 13.8 Å². The van der Waals surface area contributed by atoms with Crippen molar-refractivity contribution in [3.63, 3.8) is 0 Å². The van der Waals surface area contributed by atoms with Gasteiger partial charge in [-0.1, -0.05) is 0 Å². The standard InChI is InChI=1S/C12H10O5/c1-5-3-7(13)9-6(2)10(11(14)15)12(16)17-8(9)4-5/h3-4,13H,1-2H3,(H,14,15). The Morgan fingerprint density at radius 2 is 1.94 bits per heavy atom. The molecule has 1 heterocycles. The first-order chi connectivity index (χ1) is 7.91. The van der Waals surface area contributed by atoms with Crippen molar-refractivity contribution in [2.24, 2.45) is 0 Å². The van der Waals surface area contributed by atoms with Crippen LogP contribution in [0.5, 0.6) is 5.75 Å². The average Bonchev–Trinajstić information content (AvgIpc) is 2.13. The summed E-state index contributed by atoms with van der Waals surface area (Å²) in [6, 6.07) is 3.07. The topological polar surface area (TPSA) is 87.7 Å². The fourth-order valence-corrected chi connectivity index (χ4v) is 1.87. The molecule has 0 fully saturated rings. The Hall–Kier alpha value is -2.30. The first kappa shape index (κ1) is 11.2. The minimum absolute atomic E-state index is 0.0937. The summed E-state index contributed by atoms with van der Waals surface area (Å²) in [6.45, 7) is 3.21. The van der Waals surface area contributed by atoms with Gasteiger partial charge < -0.3 is 14.6 Å². The van der Waals surface area contributed by atoms with E-state index in [0.29, 0.717) is 0 Å². The zero-order valence-electron chi connectivity index (χ0n) is 9.27. The van der Waals surface area contributed by atoms with E-state index in [-0.39, 0.29) is 22.3 Å². The summed E-state index contributed by atoms with van der Waals surface area (Å²) < 4.78 is 4.90.